The predicted octanol–water partition coefficient (Wildman–Crippen LogP) is 3.35. The number of carbonyl (C=O) groups is 1. The van der Waals surface area contributed by atoms with Crippen molar-refractivity contribution in [3.63, 3.8) is 0 Å². The van der Waals surface area contributed by atoms with Gasteiger partial charge in [0.15, 0.2) is 0 Å². The summed E-state index contributed by atoms with van der Waals surface area (Å²) in [4.78, 5) is 11.9. The van der Waals surface area contributed by atoms with Crippen molar-refractivity contribution in [3.05, 3.63) is 34.3 Å². The first-order chi connectivity index (χ1) is 8.72. The third kappa shape index (κ3) is 2.34. The lowest BCUT2D eigenvalue weighted by molar-refractivity contribution is 0.0954. The van der Waals surface area contributed by atoms with Gasteiger partial charge in [-0.2, -0.15) is 5.10 Å². The van der Waals surface area contributed by atoms with E-state index >= 15 is 0 Å². The largest absolute Gasteiger partial charge is 0.271 e. The fourth-order valence-electron chi connectivity index (χ4n) is 2.98. The fourth-order valence-corrected chi connectivity index (χ4v) is 3.38. The highest BCUT2D eigenvalue weighted by Gasteiger charge is 2.36. The van der Waals surface area contributed by atoms with Gasteiger partial charge >= 0.3 is 0 Å². The van der Waals surface area contributed by atoms with E-state index in [9.17, 15) is 4.79 Å². The maximum absolute atomic E-state index is 11.9. The summed E-state index contributed by atoms with van der Waals surface area (Å²) in [7, 11) is 0. The molecule has 0 heterocycles. The van der Waals surface area contributed by atoms with E-state index in [0.29, 0.717) is 11.5 Å². The van der Waals surface area contributed by atoms with Gasteiger partial charge in [0.25, 0.3) is 5.91 Å². The Balaban J connectivity index is 1.67. The summed E-state index contributed by atoms with van der Waals surface area (Å²) in [6, 6.07) is 7.35. The molecule has 3 rings (SSSR count). The monoisotopic (exact) mass is 306 g/mol. The number of halogens is 1. The van der Waals surface area contributed by atoms with Crippen molar-refractivity contribution in [2.75, 3.05) is 0 Å². The molecule has 1 aromatic rings. The van der Waals surface area contributed by atoms with E-state index in [1.807, 2.05) is 12.1 Å². The first-order valence-electron chi connectivity index (χ1n) is 6.35. The van der Waals surface area contributed by atoms with Crippen molar-refractivity contribution in [1.29, 1.82) is 0 Å². The first kappa shape index (κ1) is 11.9. The molecule has 1 amide bonds. The van der Waals surface area contributed by atoms with Crippen LogP contribution in [0.4, 0.5) is 0 Å². The summed E-state index contributed by atoms with van der Waals surface area (Å²) < 4.78 is 0.905. The summed E-state index contributed by atoms with van der Waals surface area (Å²) in [5, 5.41) is 4.31. The lowest BCUT2D eigenvalue weighted by Gasteiger charge is -2.11. The number of nitrogens with zero attached hydrogens (tertiary/aromatic N) is 1. The third-order valence-electron chi connectivity index (χ3n) is 3.90. The Morgan fingerprint density at radius 3 is 2.94 bits per heavy atom. The van der Waals surface area contributed by atoms with Crippen LogP contribution in [0.1, 0.15) is 36.0 Å². The second-order valence-corrected chi connectivity index (χ2v) is 6.05. The van der Waals surface area contributed by atoms with Gasteiger partial charge < -0.3 is 0 Å². The summed E-state index contributed by atoms with van der Waals surface area (Å²) in [5.41, 5.74) is 4.51. The maximum atomic E-state index is 11.9. The van der Waals surface area contributed by atoms with E-state index in [0.717, 1.165) is 16.8 Å². The Morgan fingerprint density at radius 1 is 1.39 bits per heavy atom. The molecule has 94 valence electrons. The molecule has 2 fully saturated rings. The molecule has 0 aliphatic heterocycles. The SMILES string of the molecule is O=C(NN=C1CC2CCC1C2)c1cccc(Br)c1. The number of amides is 1. The number of fused-ring (bicyclic) bond motifs is 2. The Bertz CT molecular complexity index is 512. The van der Waals surface area contributed by atoms with E-state index in [1.54, 1.807) is 12.1 Å². The highest BCUT2D eigenvalue weighted by molar-refractivity contribution is 9.10. The minimum Gasteiger partial charge on any atom is -0.267 e. The van der Waals surface area contributed by atoms with Crippen LogP contribution in [0, 0.1) is 11.8 Å². The Morgan fingerprint density at radius 2 is 2.28 bits per heavy atom. The molecule has 2 aliphatic rings. The maximum Gasteiger partial charge on any atom is 0.271 e. The Kier molecular flexibility index (Phi) is 3.20. The van der Waals surface area contributed by atoms with Crippen LogP contribution in [0.5, 0.6) is 0 Å². The van der Waals surface area contributed by atoms with Gasteiger partial charge in [0, 0.05) is 15.7 Å². The quantitative estimate of drug-likeness (QED) is 0.836. The van der Waals surface area contributed by atoms with E-state index in [2.05, 4.69) is 26.5 Å². The topological polar surface area (TPSA) is 41.5 Å². The van der Waals surface area contributed by atoms with E-state index in [4.69, 9.17) is 0 Å². The minimum absolute atomic E-state index is 0.133. The first-order valence-corrected chi connectivity index (χ1v) is 7.14. The number of benzene rings is 1. The van der Waals surface area contributed by atoms with Crippen LogP contribution < -0.4 is 5.43 Å². The average Bonchev–Trinajstić information content (AvgIpc) is 2.98. The van der Waals surface area contributed by atoms with Crippen molar-refractivity contribution in [1.82, 2.24) is 5.43 Å². The standard InChI is InChI=1S/C14H15BrN2O/c15-12-3-1-2-11(8-12)14(18)17-16-13-7-9-4-5-10(13)6-9/h1-3,8-10H,4-7H2,(H,17,18). The molecule has 2 unspecified atom stereocenters. The van der Waals surface area contributed by atoms with Gasteiger partial charge in [-0.15, -0.1) is 0 Å². The van der Waals surface area contributed by atoms with Gasteiger partial charge in [0.05, 0.1) is 0 Å². The second kappa shape index (κ2) is 4.84. The zero-order chi connectivity index (χ0) is 12.5. The highest BCUT2D eigenvalue weighted by Crippen LogP contribution is 2.42. The van der Waals surface area contributed by atoms with E-state index < -0.39 is 0 Å². The van der Waals surface area contributed by atoms with Gasteiger partial charge in [0.1, 0.15) is 0 Å². The van der Waals surface area contributed by atoms with Crippen LogP contribution in [0.2, 0.25) is 0 Å². The molecule has 2 atom stereocenters. The van der Waals surface area contributed by atoms with Gasteiger partial charge in [-0.1, -0.05) is 22.0 Å². The average molecular weight is 307 g/mol. The highest BCUT2D eigenvalue weighted by atomic mass is 79.9. The molecule has 0 spiro atoms. The number of hydrogen-bond donors (Lipinski definition) is 1. The summed E-state index contributed by atoms with van der Waals surface area (Å²) in [6.45, 7) is 0. The molecule has 4 heteroatoms. The van der Waals surface area contributed by atoms with Gasteiger partial charge in [-0.3, -0.25) is 4.79 Å². The van der Waals surface area contributed by atoms with Crippen LogP contribution >= 0.6 is 15.9 Å². The number of hydrazone groups is 1. The smallest absolute Gasteiger partial charge is 0.267 e. The van der Waals surface area contributed by atoms with Crippen LogP contribution in [0.3, 0.4) is 0 Å². The molecule has 0 saturated heterocycles. The molecule has 3 nitrogen and oxygen atoms in total. The second-order valence-electron chi connectivity index (χ2n) is 5.13. The van der Waals surface area contributed by atoms with Crippen LogP contribution in [-0.2, 0) is 0 Å². The summed E-state index contributed by atoms with van der Waals surface area (Å²) in [6.07, 6.45) is 4.93. The van der Waals surface area contributed by atoms with Gasteiger partial charge in [-0.25, -0.2) is 5.43 Å². The minimum atomic E-state index is -0.133. The molecule has 1 N–H and O–H groups in total. The molecule has 2 bridgehead atoms. The summed E-state index contributed by atoms with van der Waals surface area (Å²) in [5.74, 6) is 1.31. The fraction of sp³-hybridized carbons (Fsp3) is 0.429. The molecule has 18 heavy (non-hydrogen) atoms. The van der Waals surface area contributed by atoms with Crippen LogP contribution in [0.25, 0.3) is 0 Å². The molecule has 2 saturated carbocycles. The normalized spacial score (nSPS) is 27.7. The van der Waals surface area contributed by atoms with Gasteiger partial charge in [-0.05, 0) is 55.7 Å². The van der Waals surface area contributed by atoms with Crippen molar-refractivity contribution in [3.8, 4) is 0 Å². The zero-order valence-corrected chi connectivity index (χ0v) is 11.6. The Labute approximate surface area is 115 Å². The Hall–Kier alpha value is -1.16. The molecular formula is C14H15BrN2O. The number of carbonyl (C=O) groups excluding carboxylic acids is 1. The molecular weight excluding hydrogens is 292 g/mol. The van der Waals surface area contributed by atoms with Crippen molar-refractivity contribution in [2.24, 2.45) is 16.9 Å². The molecule has 2 aliphatic carbocycles. The van der Waals surface area contributed by atoms with E-state index in [-0.39, 0.29) is 5.91 Å². The lowest BCUT2D eigenvalue weighted by atomic mass is 9.99. The predicted molar refractivity (Wildman–Crippen MR) is 74.5 cm³/mol. The molecule has 0 radical (unpaired) electrons. The lowest BCUT2D eigenvalue weighted by Crippen LogP contribution is -2.21. The third-order valence-corrected chi connectivity index (χ3v) is 4.39. The van der Waals surface area contributed by atoms with Crippen LogP contribution in [-0.4, -0.2) is 11.6 Å². The zero-order valence-electron chi connectivity index (χ0n) is 10.0. The number of hydrogen-bond acceptors (Lipinski definition) is 2. The van der Waals surface area contributed by atoms with Gasteiger partial charge in [0.2, 0.25) is 0 Å². The molecule has 1 aromatic carbocycles. The van der Waals surface area contributed by atoms with Crippen molar-refractivity contribution >= 4 is 27.5 Å². The van der Waals surface area contributed by atoms with Crippen LogP contribution in [0.15, 0.2) is 33.8 Å². The number of rotatable bonds is 2. The van der Waals surface area contributed by atoms with Crippen molar-refractivity contribution in [2.45, 2.75) is 25.7 Å². The molecule has 0 aromatic heterocycles. The summed E-state index contributed by atoms with van der Waals surface area (Å²) >= 11 is 3.36. The number of nitrogens with one attached hydrogen (secondary N) is 1. The van der Waals surface area contributed by atoms with E-state index in [1.165, 1.54) is 25.0 Å². The van der Waals surface area contributed by atoms with Crippen molar-refractivity contribution < 1.29 is 4.79 Å².